The predicted octanol–water partition coefficient (Wildman–Crippen LogP) is 5.81. The van der Waals surface area contributed by atoms with E-state index in [0.717, 1.165) is 33.5 Å². The number of likely N-dealkylation sites (tertiary alicyclic amines) is 1. The molecule has 0 radical (unpaired) electrons. The molecule has 160 valence electrons. The average molecular weight is 440 g/mol. The summed E-state index contributed by atoms with van der Waals surface area (Å²) in [5.41, 5.74) is 0.771. The molecular formula is C27H25N2O2P. The number of urea groups is 1. The number of nitrogens with zero attached hydrogens (tertiary/aromatic N) is 1. The third-order valence-corrected chi connectivity index (χ3v) is 9.72. The van der Waals surface area contributed by atoms with Gasteiger partial charge in [0.15, 0.2) is 7.14 Å². The van der Waals surface area contributed by atoms with E-state index in [1.165, 1.54) is 0 Å². The molecule has 0 saturated carbocycles. The van der Waals surface area contributed by atoms with Gasteiger partial charge in [-0.05, 0) is 24.3 Å². The molecule has 0 spiro atoms. The highest BCUT2D eigenvalue weighted by Gasteiger charge is 2.44. The van der Waals surface area contributed by atoms with Crippen molar-refractivity contribution < 1.29 is 9.36 Å². The van der Waals surface area contributed by atoms with Gasteiger partial charge in [0.1, 0.15) is 0 Å². The fourth-order valence-electron chi connectivity index (χ4n) is 4.68. The minimum absolute atomic E-state index is 0.198. The van der Waals surface area contributed by atoms with Crippen LogP contribution in [-0.2, 0) is 4.57 Å². The highest BCUT2D eigenvalue weighted by atomic mass is 31.2. The summed E-state index contributed by atoms with van der Waals surface area (Å²) < 4.78 is 14.8. The largest absolute Gasteiger partial charge is 0.322 e. The molecule has 1 unspecified atom stereocenters. The normalized spacial score (nSPS) is 16.2. The molecule has 1 fully saturated rings. The minimum atomic E-state index is -3.07. The van der Waals surface area contributed by atoms with Crippen LogP contribution in [0, 0.1) is 0 Å². The molecule has 5 rings (SSSR count). The molecule has 0 aromatic heterocycles. The lowest BCUT2D eigenvalue weighted by Crippen LogP contribution is -2.42. The molecule has 1 heterocycles. The van der Waals surface area contributed by atoms with Gasteiger partial charge in [-0.15, -0.1) is 0 Å². The van der Waals surface area contributed by atoms with Crippen LogP contribution in [0.2, 0.25) is 0 Å². The Bertz CT molecular complexity index is 1240. The van der Waals surface area contributed by atoms with E-state index < -0.39 is 7.14 Å². The maximum absolute atomic E-state index is 14.8. The Labute approximate surface area is 188 Å². The van der Waals surface area contributed by atoms with Crippen molar-refractivity contribution in [3.63, 3.8) is 0 Å². The summed E-state index contributed by atoms with van der Waals surface area (Å²) in [6.45, 7) is 0.588. The van der Waals surface area contributed by atoms with Crippen LogP contribution < -0.4 is 15.9 Å². The number of fused-ring (bicyclic) bond motifs is 1. The van der Waals surface area contributed by atoms with Crippen molar-refractivity contribution in [2.45, 2.75) is 18.6 Å². The summed E-state index contributed by atoms with van der Waals surface area (Å²) in [4.78, 5) is 15.3. The van der Waals surface area contributed by atoms with E-state index in [4.69, 9.17) is 0 Å². The quantitative estimate of drug-likeness (QED) is 0.407. The Morgan fingerprint density at radius 1 is 0.781 bits per heavy atom. The van der Waals surface area contributed by atoms with Gasteiger partial charge in [-0.3, -0.25) is 0 Å². The first-order chi connectivity index (χ1) is 15.7. The second-order valence-corrected chi connectivity index (χ2v) is 11.0. The molecule has 1 N–H and O–H groups in total. The molecule has 1 aliphatic rings. The van der Waals surface area contributed by atoms with Crippen LogP contribution in [0.15, 0.2) is 103 Å². The monoisotopic (exact) mass is 440 g/mol. The number of hydrogen-bond donors (Lipinski definition) is 1. The third kappa shape index (κ3) is 3.61. The van der Waals surface area contributed by atoms with Crippen molar-refractivity contribution in [2.75, 3.05) is 11.9 Å². The van der Waals surface area contributed by atoms with E-state index in [1.54, 1.807) is 4.90 Å². The number of nitrogens with one attached hydrogen (secondary N) is 1. The first-order valence-electron chi connectivity index (χ1n) is 10.9. The van der Waals surface area contributed by atoms with Gasteiger partial charge in [-0.2, -0.15) is 0 Å². The van der Waals surface area contributed by atoms with Crippen molar-refractivity contribution in [2.24, 2.45) is 0 Å². The zero-order valence-electron chi connectivity index (χ0n) is 17.7. The number of benzene rings is 4. The summed E-state index contributed by atoms with van der Waals surface area (Å²) in [6.07, 6.45) is 1.54. The van der Waals surface area contributed by atoms with Crippen molar-refractivity contribution in [1.29, 1.82) is 0 Å². The second-order valence-electron chi connectivity index (χ2n) is 8.10. The summed E-state index contributed by atoms with van der Waals surface area (Å²) in [6, 6.07) is 32.9. The molecular weight excluding hydrogens is 415 g/mol. The molecule has 32 heavy (non-hydrogen) atoms. The van der Waals surface area contributed by atoms with Gasteiger partial charge in [0.05, 0.1) is 11.5 Å². The van der Waals surface area contributed by atoms with Gasteiger partial charge in [-0.25, -0.2) is 4.79 Å². The minimum Gasteiger partial charge on any atom is -0.314 e. The van der Waals surface area contributed by atoms with Crippen LogP contribution in [0.1, 0.15) is 12.8 Å². The van der Waals surface area contributed by atoms with Crippen LogP contribution in [0.4, 0.5) is 10.5 Å². The van der Waals surface area contributed by atoms with Crippen LogP contribution in [0.25, 0.3) is 10.8 Å². The molecule has 0 aliphatic carbocycles. The Hall–Kier alpha value is -3.36. The van der Waals surface area contributed by atoms with Crippen LogP contribution in [-0.4, -0.2) is 23.3 Å². The fourth-order valence-corrected chi connectivity index (χ4v) is 8.05. The first-order valence-corrected chi connectivity index (χ1v) is 12.7. The maximum Gasteiger partial charge on any atom is 0.322 e. The van der Waals surface area contributed by atoms with Crippen molar-refractivity contribution in [1.82, 2.24) is 4.90 Å². The Morgan fingerprint density at radius 2 is 1.38 bits per heavy atom. The summed E-state index contributed by atoms with van der Waals surface area (Å²) in [5, 5.41) is 6.75. The van der Waals surface area contributed by atoms with E-state index in [9.17, 15) is 9.36 Å². The SMILES string of the molecule is O=C(Nc1cccc2ccccc12)N1CCCC1P(=O)(c1ccccc1)c1ccccc1. The Balaban J connectivity index is 1.52. The number of hydrogen-bond acceptors (Lipinski definition) is 2. The van der Waals surface area contributed by atoms with Crippen molar-refractivity contribution in [3.05, 3.63) is 103 Å². The lowest BCUT2D eigenvalue weighted by molar-refractivity contribution is 0.218. The van der Waals surface area contributed by atoms with Gasteiger partial charge < -0.3 is 14.8 Å². The van der Waals surface area contributed by atoms with Gasteiger partial charge in [0.25, 0.3) is 0 Å². The number of rotatable bonds is 4. The number of carbonyl (C=O) groups is 1. The van der Waals surface area contributed by atoms with Crippen LogP contribution >= 0.6 is 7.14 Å². The van der Waals surface area contributed by atoms with E-state index in [1.807, 2.05) is 103 Å². The fraction of sp³-hybridized carbons (Fsp3) is 0.148. The van der Waals surface area contributed by atoms with E-state index >= 15 is 0 Å². The lowest BCUT2D eigenvalue weighted by atomic mass is 10.1. The van der Waals surface area contributed by atoms with Crippen molar-refractivity contribution in [3.8, 4) is 0 Å². The summed E-state index contributed by atoms with van der Waals surface area (Å²) in [7, 11) is -3.07. The zero-order chi connectivity index (χ0) is 22.0. The third-order valence-electron chi connectivity index (χ3n) is 6.21. The highest BCUT2D eigenvalue weighted by Crippen LogP contribution is 2.53. The van der Waals surface area contributed by atoms with Gasteiger partial charge >= 0.3 is 6.03 Å². The molecule has 1 aliphatic heterocycles. The number of carbonyl (C=O) groups excluding carboxylic acids is 1. The molecule has 4 aromatic carbocycles. The van der Waals surface area contributed by atoms with Gasteiger partial charge in [-0.1, -0.05) is 97.1 Å². The van der Waals surface area contributed by atoms with E-state index in [0.29, 0.717) is 13.0 Å². The Morgan fingerprint density at radius 3 is 2.06 bits per heavy atom. The standard InChI is InChI=1S/C27H25N2O2P/c30-27(28-25-18-9-12-21-11-7-8-17-24(21)25)29-20-10-19-26(29)32(31,22-13-3-1-4-14-22)23-15-5-2-6-16-23/h1-9,11-18,26H,10,19-20H2,(H,28,30). The maximum atomic E-state index is 14.8. The molecule has 1 saturated heterocycles. The van der Waals surface area contributed by atoms with Gasteiger partial charge in [0, 0.05) is 22.5 Å². The topological polar surface area (TPSA) is 49.4 Å². The molecule has 0 bridgehead atoms. The molecule has 4 nitrogen and oxygen atoms in total. The molecule has 4 aromatic rings. The zero-order valence-corrected chi connectivity index (χ0v) is 18.6. The van der Waals surface area contributed by atoms with Gasteiger partial charge in [0.2, 0.25) is 0 Å². The Kier molecular flexibility index (Phi) is 5.55. The predicted molar refractivity (Wildman–Crippen MR) is 132 cm³/mol. The highest BCUT2D eigenvalue weighted by molar-refractivity contribution is 7.79. The van der Waals surface area contributed by atoms with Crippen LogP contribution in [0.5, 0.6) is 0 Å². The first kappa shape index (κ1) is 20.5. The van der Waals surface area contributed by atoms with E-state index in [-0.39, 0.29) is 11.8 Å². The smallest absolute Gasteiger partial charge is 0.314 e. The summed E-state index contributed by atoms with van der Waals surface area (Å²) >= 11 is 0. The van der Waals surface area contributed by atoms with Crippen LogP contribution in [0.3, 0.4) is 0 Å². The molecule has 1 atom stereocenters. The summed E-state index contributed by atoms with van der Waals surface area (Å²) in [5.74, 6) is -0.373. The number of amides is 2. The molecule has 2 amide bonds. The van der Waals surface area contributed by atoms with Crippen molar-refractivity contribution >= 4 is 40.2 Å². The lowest BCUT2D eigenvalue weighted by Gasteiger charge is -2.33. The van der Waals surface area contributed by atoms with E-state index in [2.05, 4.69) is 5.32 Å². The second kappa shape index (κ2) is 8.64. The average Bonchev–Trinajstić information content (AvgIpc) is 3.36. The molecule has 5 heteroatoms. The number of anilines is 1.